The van der Waals surface area contributed by atoms with E-state index >= 15 is 0 Å². The molecule has 0 heterocycles. The Bertz CT molecular complexity index is 1260. The smallest absolute Gasteiger partial charge is 0.492 e. The van der Waals surface area contributed by atoms with Gasteiger partial charge in [0.15, 0.2) is 11.9 Å². The Kier molecular flexibility index (Phi) is 12.8. The van der Waals surface area contributed by atoms with Gasteiger partial charge in [0.25, 0.3) is 0 Å². The summed E-state index contributed by atoms with van der Waals surface area (Å²) in [6.45, 7) is 2.64. The van der Waals surface area contributed by atoms with E-state index in [9.17, 15) is 27.9 Å². The molecular formula is C30H33F3N2O6S. The highest BCUT2D eigenvalue weighted by atomic mass is 32.2. The fourth-order valence-electron chi connectivity index (χ4n) is 3.88. The SMILES string of the molecule is CCOC(Cc1ccc(OCCN(CCCSc2ccccc2)C(=O)Nc2ccccc2OC(F)(F)F)cc1)C(=O)O. The number of nitrogens with zero attached hydrogens (tertiary/aromatic N) is 1. The highest BCUT2D eigenvalue weighted by Gasteiger charge is 2.32. The Morgan fingerprint density at radius 2 is 1.67 bits per heavy atom. The Morgan fingerprint density at radius 1 is 0.976 bits per heavy atom. The quantitative estimate of drug-likeness (QED) is 0.138. The topological polar surface area (TPSA) is 97.3 Å². The molecule has 0 aliphatic rings. The Balaban J connectivity index is 1.60. The molecular weight excluding hydrogens is 573 g/mol. The molecule has 1 unspecified atom stereocenters. The number of benzene rings is 3. The van der Waals surface area contributed by atoms with E-state index in [4.69, 9.17) is 9.47 Å². The molecule has 2 amide bonds. The minimum absolute atomic E-state index is 0.105. The first-order chi connectivity index (χ1) is 20.1. The summed E-state index contributed by atoms with van der Waals surface area (Å²) in [6, 6.07) is 21.4. The van der Waals surface area contributed by atoms with Crippen molar-refractivity contribution in [2.45, 2.75) is 37.1 Å². The minimum atomic E-state index is -4.91. The van der Waals surface area contributed by atoms with Gasteiger partial charge in [0.1, 0.15) is 12.4 Å². The van der Waals surface area contributed by atoms with Crippen LogP contribution in [0.3, 0.4) is 0 Å². The minimum Gasteiger partial charge on any atom is -0.492 e. The van der Waals surface area contributed by atoms with Crippen molar-refractivity contribution < 1.29 is 42.1 Å². The second kappa shape index (κ2) is 16.5. The van der Waals surface area contributed by atoms with Crippen LogP contribution < -0.4 is 14.8 Å². The van der Waals surface area contributed by atoms with Crippen LogP contribution in [0.5, 0.6) is 11.5 Å². The summed E-state index contributed by atoms with van der Waals surface area (Å²) >= 11 is 1.64. The molecule has 3 aromatic carbocycles. The molecule has 226 valence electrons. The number of hydrogen-bond donors (Lipinski definition) is 2. The molecule has 2 N–H and O–H groups in total. The van der Waals surface area contributed by atoms with Crippen molar-refractivity contribution in [2.75, 3.05) is 37.4 Å². The summed E-state index contributed by atoms with van der Waals surface area (Å²) in [5.41, 5.74) is 0.659. The predicted molar refractivity (Wildman–Crippen MR) is 154 cm³/mol. The monoisotopic (exact) mass is 606 g/mol. The van der Waals surface area contributed by atoms with E-state index in [-0.39, 0.29) is 31.9 Å². The van der Waals surface area contributed by atoms with Gasteiger partial charge in [0.2, 0.25) is 0 Å². The zero-order valence-electron chi connectivity index (χ0n) is 23.0. The number of ether oxygens (including phenoxy) is 3. The van der Waals surface area contributed by atoms with Crippen molar-refractivity contribution in [2.24, 2.45) is 0 Å². The first-order valence-electron chi connectivity index (χ1n) is 13.3. The summed E-state index contributed by atoms with van der Waals surface area (Å²) in [5.74, 6) is -0.303. The van der Waals surface area contributed by atoms with Crippen molar-refractivity contribution >= 4 is 29.4 Å². The maximum Gasteiger partial charge on any atom is 0.573 e. The molecule has 0 saturated heterocycles. The average Bonchev–Trinajstić information content (AvgIpc) is 2.95. The number of amides is 2. The number of carboxylic acid groups (broad SMARTS) is 1. The van der Waals surface area contributed by atoms with Gasteiger partial charge in [-0.1, -0.05) is 42.5 Å². The lowest BCUT2D eigenvalue weighted by molar-refractivity contribution is -0.274. The van der Waals surface area contributed by atoms with Gasteiger partial charge in [0, 0.05) is 24.5 Å². The molecule has 8 nitrogen and oxygen atoms in total. The second-order valence-corrected chi connectivity index (χ2v) is 10.1. The molecule has 0 bridgehead atoms. The van der Waals surface area contributed by atoms with Crippen LogP contribution in [0.4, 0.5) is 23.7 Å². The highest BCUT2D eigenvalue weighted by Crippen LogP contribution is 2.30. The number of carboxylic acids is 1. The van der Waals surface area contributed by atoms with Gasteiger partial charge in [-0.3, -0.25) is 0 Å². The van der Waals surface area contributed by atoms with Gasteiger partial charge in [-0.25, -0.2) is 9.59 Å². The van der Waals surface area contributed by atoms with Crippen LogP contribution in [-0.4, -0.2) is 66.5 Å². The average molecular weight is 607 g/mol. The van der Waals surface area contributed by atoms with E-state index in [1.165, 1.54) is 23.1 Å². The third-order valence-corrected chi connectivity index (χ3v) is 6.94. The molecule has 0 fully saturated rings. The van der Waals surface area contributed by atoms with Crippen LogP contribution in [0.25, 0.3) is 0 Å². The van der Waals surface area contributed by atoms with E-state index in [2.05, 4.69) is 10.1 Å². The molecule has 3 aromatic rings. The van der Waals surface area contributed by atoms with E-state index in [1.54, 1.807) is 43.0 Å². The van der Waals surface area contributed by atoms with Gasteiger partial charge in [-0.05, 0) is 61.1 Å². The number of nitrogens with one attached hydrogen (secondary N) is 1. The van der Waals surface area contributed by atoms with Crippen molar-refractivity contribution in [3.8, 4) is 11.5 Å². The number of rotatable bonds is 16. The third kappa shape index (κ3) is 11.5. The van der Waals surface area contributed by atoms with Gasteiger partial charge in [-0.2, -0.15) is 0 Å². The second-order valence-electron chi connectivity index (χ2n) is 8.95. The molecule has 0 radical (unpaired) electrons. The maximum absolute atomic E-state index is 13.1. The van der Waals surface area contributed by atoms with E-state index in [0.717, 1.165) is 22.3 Å². The summed E-state index contributed by atoms with van der Waals surface area (Å²) in [7, 11) is 0. The van der Waals surface area contributed by atoms with Gasteiger partial charge >= 0.3 is 18.4 Å². The fourth-order valence-corrected chi connectivity index (χ4v) is 4.74. The standard InChI is InChI=1S/C30H33F3N2O6S/c1-2-39-27(28(36)37)21-22-13-15-23(16-14-22)40-19-18-35(17-8-20-42-24-9-4-3-5-10-24)29(38)34-25-11-6-7-12-26(25)41-30(31,32)33/h3-7,9-16,27H,2,8,17-21H2,1H3,(H,34,38)(H,36,37). The molecule has 0 saturated carbocycles. The Hall–Kier alpha value is -3.90. The Labute approximate surface area is 246 Å². The summed E-state index contributed by atoms with van der Waals surface area (Å²) in [6.07, 6.45) is -5.01. The van der Waals surface area contributed by atoms with Crippen molar-refractivity contribution in [1.29, 1.82) is 0 Å². The molecule has 12 heteroatoms. The zero-order valence-corrected chi connectivity index (χ0v) is 23.8. The van der Waals surface area contributed by atoms with Gasteiger partial charge in [0.05, 0.1) is 12.2 Å². The van der Waals surface area contributed by atoms with Gasteiger partial charge in [-0.15, -0.1) is 24.9 Å². The van der Waals surface area contributed by atoms with Crippen molar-refractivity contribution in [3.63, 3.8) is 0 Å². The number of hydrogen-bond acceptors (Lipinski definition) is 6. The molecule has 0 aliphatic carbocycles. The van der Waals surface area contributed by atoms with Crippen LogP contribution in [-0.2, 0) is 16.0 Å². The van der Waals surface area contributed by atoms with Crippen LogP contribution >= 0.6 is 11.8 Å². The van der Waals surface area contributed by atoms with Crippen LogP contribution in [0, 0.1) is 0 Å². The summed E-state index contributed by atoms with van der Waals surface area (Å²) < 4.78 is 53.7. The zero-order chi connectivity index (χ0) is 30.4. The number of alkyl halides is 3. The lowest BCUT2D eigenvalue weighted by Gasteiger charge is -2.24. The first-order valence-corrected chi connectivity index (χ1v) is 14.3. The van der Waals surface area contributed by atoms with Gasteiger partial charge < -0.3 is 29.5 Å². The predicted octanol–water partition coefficient (Wildman–Crippen LogP) is 6.71. The largest absolute Gasteiger partial charge is 0.573 e. The molecule has 3 rings (SSSR count). The van der Waals surface area contributed by atoms with Crippen LogP contribution in [0.2, 0.25) is 0 Å². The van der Waals surface area contributed by atoms with Crippen LogP contribution in [0.15, 0.2) is 83.8 Å². The molecule has 0 aliphatic heterocycles. The number of urea groups is 1. The first kappa shape index (κ1) is 32.6. The van der Waals surface area contributed by atoms with Crippen molar-refractivity contribution in [1.82, 2.24) is 4.90 Å². The summed E-state index contributed by atoms with van der Waals surface area (Å²) in [4.78, 5) is 27.1. The molecule has 0 aromatic heterocycles. The number of halogens is 3. The number of para-hydroxylation sites is 2. The number of aliphatic carboxylic acids is 1. The Morgan fingerprint density at radius 3 is 2.33 bits per heavy atom. The maximum atomic E-state index is 13.1. The molecule has 0 spiro atoms. The molecule has 1 atom stereocenters. The van der Waals surface area contributed by atoms with E-state index < -0.39 is 30.2 Å². The van der Waals surface area contributed by atoms with E-state index in [0.29, 0.717) is 18.7 Å². The van der Waals surface area contributed by atoms with E-state index in [1.807, 2.05) is 30.3 Å². The number of carbonyl (C=O) groups is 2. The third-order valence-electron chi connectivity index (χ3n) is 5.84. The number of anilines is 1. The van der Waals surface area contributed by atoms with Crippen LogP contribution in [0.1, 0.15) is 18.9 Å². The lowest BCUT2D eigenvalue weighted by Crippen LogP contribution is -2.39. The lowest BCUT2D eigenvalue weighted by atomic mass is 10.1. The highest BCUT2D eigenvalue weighted by molar-refractivity contribution is 7.99. The fraction of sp³-hybridized carbons (Fsp3) is 0.333. The number of thioether (sulfide) groups is 1. The normalized spacial score (nSPS) is 11.9. The summed E-state index contributed by atoms with van der Waals surface area (Å²) in [5, 5.41) is 11.8. The van der Waals surface area contributed by atoms with Crippen molar-refractivity contribution in [3.05, 3.63) is 84.4 Å². The molecule has 42 heavy (non-hydrogen) atoms. The number of carbonyl (C=O) groups excluding carboxylic acids is 1.